The molecule has 0 aliphatic carbocycles. The highest BCUT2D eigenvalue weighted by molar-refractivity contribution is 6.34. The first-order valence-electron chi connectivity index (χ1n) is 4.63. The summed E-state index contributed by atoms with van der Waals surface area (Å²) in [6, 6.07) is 3.98. The van der Waals surface area contributed by atoms with E-state index >= 15 is 0 Å². The lowest BCUT2D eigenvalue weighted by Gasteiger charge is -2.09. The van der Waals surface area contributed by atoms with Crippen LogP contribution in [-0.4, -0.2) is 17.1 Å². The number of nitrogens with zero attached hydrogens (tertiary/aromatic N) is 2. The van der Waals surface area contributed by atoms with Gasteiger partial charge in [-0.2, -0.15) is 0 Å². The van der Waals surface area contributed by atoms with E-state index in [0.717, 1.165) is 0 Å². The highest BCUT2D eigenvalue weighted by atomic mass is 35.5. The van der Waals surface area contributed by atoms with Gasteiger partial charge in [0, 0.05) is 5.56 Å². The molecule has 88 valence electrons. The van der Waals surface area contributed by atoms with Gasteiger partial charge in [0.15, 0.2) is 10.9 Å². The average molecular weight is 273 g/mol. The maximum atomic E-state index is 13.2. The normalized spacial score (nSPS) is 10.4. The third kappa shape index (κ3) is 2.33. The van der Waals surface area contributed by atoms with E-state index < -0.39 is 5.82 Å². The number of rotatable bonds is 2. The van der Waals surface area contributed by atoms with Crippen LogP contribution in [0.3, 0.4) is 0 Å². The van der Waals surface area contributed by atoms with Gasteiger partial charge in [0.05, 0.1) is 12.1 Å². The summed E-state index contributed by atoms with van der Waals surface area (Å²) in [5.74, 6) is -0.150. The van der Waals surface area contributed by atoms with Crippen molar-refractivity contribution in [2.45, 2.75) is 0 Å². The quantitative estimate of drug-likeness (QED) is 0.784. The second-order valence-corrected chi connectivity index (χ2v) is 3.94. The summed E-state index contributed by atoms with van der Waals surface area (Å²) in [6.45, 7) is 0. The minimum absolute atomic E-state index is 0.151. The SMILES string of the molecule is COc1c(Cl)ncnc1-c1cc(F)ccc1Cl. The zero-order valence-electron chi connectivity index (χ0n) is 8.75. The summed E-state index contributed by atoms with van der Waals surface area (Å²) in [5.41, 5.74) is 0.768. The first-order valence-corrected chi connectivity index (χ1v) is 5.39. The predicted molar refractivity (Wildman–Crippen MR) is 64.0 cm³/mol. The van der Waals surface area contributed by atoms with Crippen molar-refractivity contribution in [3.8, 4) is 17.0 Å². The smallest absolute Gasteiger partial charge is 0.182 e. The molecule has 17 heavy (non-hydrogen) atoms. The molecule has 0 saturated carbocycles. The van der Waals surface area contributed by atoms with Gasteiger partial charge < -0.3 is 4.74 Å². The van der Waals surface area contributed by atoms with E-state index in [1.807, 2.05) is 0 Å². The van der Waals surface area contributed by atoms with Crippen LogP contribution in [0.25, 0.3) is 11.3 Å². The molecule has 2 aromatic rings. The monoisotopic (exact) mass is 272 g/mol. The maximum absolute atomic E-state index is 13.2. The Morgan fingerprint density at radius 3 is 2.71 bits per heavy atom. The van der Waals surface area contributed by atoms with Crippen molar-refractivity contribution < 1.29 is 9.13 Å². The van der Waals surface area contributed by atoms with Crippen LogP contribution in [0.2, 0.25) is 10.2 Å². The Labute approximate surface area is 107 Å². The molecule has 6 heteroatoms. The molecule has 0 spiro atoms. The Kier molecular flexibility index (Phi) is 3.45. The van der Waals surface area contributed by atoms with Crippen LogP contribution in [0.1, 0.15) is 0 Å². The van der Waals surface area contributed by atoms with Gasteiger partial charge in [-0.05, 0) is 18.2 Å². The van der Waals surface area contributed by atoms with Crippen LogP contribution < -0.4 is 4.74 Å². The van der Waals surface area contributed by atoms with E-state index in [2.05, 4.69) is 9.97 Å². The molecule has 0 radical (unpaired) electrons. The minimum Gasteiger partial charge on any atom is -0.491 e. The van der Waals surface area contributed by atoms with Crippen LogP contribution in [0.5, 0.6) is 5.75 Å². The van der Waals surface area contributed by atoms with Crippen molar-refractivity contribution in [3.63, 3.8) is 0 Å². The van der Waals surface area contributed by atoms with E-state index in [-0.39, 0.29) is 10.9 Å². The summed E-state index contributed by atoms with van der Waals surface area (Å²) >= 11 is 11.8. The molecular formula is C11H7Cl2FN2O. The lowest BCUT2D eigenvalue weighted by molar-refractivity contribution is 0.413. The molecule has 0 amide bonds. The topological polar surface area (TPSA) is 35.0 Å². The van der Waals surface area contributed by atoms with Gasteiger partial charge >= 0.3 is 0 Å². The molecule has 1 aromatic heterocycles. The molecule has 0 unspecified atom stereocenters. The van der Waals surface area contributed by atoms with Gasteiger partial charge in [0.2, 0.25) is 0 Å². The molecule has 3 nitrogen and oxygen atoms in total. The zero-order chi connectivity index (χ0) is 12.4. The number of hydrogen-bond donors (Lipinski definition) is 0. The summed E-state index contributed by atoms with van der Waals surface area (Å²) in [4.78, 5) is 7.79. The average Bonchev–Trinajstić information content (AvgIpc) is 2.32. The second-order valence-electron chi connectivity index (χ2n) is 3.17. The van der Waals surface area contributed by atoms with E-state index in [4.69, 9.17) is 27.9 Å². The van der Waals surface area contributed by atoms with Crippen LogP contribution in [-0.2, 0) is 0 Å². The molecule has 0 fully saturated rings. The third-order valence-electron chi connectivity index (χ3n) is 2.15. The maximum Gasteiger partial charge on any atom is 0.182 e. The molecule has 2 rings (SSSR count). The summed E-state index contributed by atoms with van der Waals surface area (Å²) in [6.07, 6.45) is 1.27. The van der Waals surface area contributed by atoms with Crippen LogP contribution >= 0.6 is 23.2 Å². The third-order valence-corrected chi connectivity index (χ3v) is 2.75. The highest BCUT2D eigenvalue weighted by Crippen LogP contribution is 2.36. The number of ether oxygens (including phenoxy) is 1. The Bertz CT molecular complexity index is 563. The fraction of sp³-hybridized carbons (Fsp3) is 0.0909. The molecular weight excluding hydrogens is 266 g/mol. The Morgan fingerprint density at radius 1 is 1.24 bits per heavy atom. The van der Waals surface area contributed by atoms with Gasteiger partial charge in [0.25, 0.3) is 0 Å². The van der Waals surface area contributed by atoms with E-state index in [1.165, 1.54) is 31.6 Å². The Hall–Kier alpha value is -1.39. The van der Waals surface area contributed by atoms with Crippen LogP contribution in [0, 0.1) is 5.82 Å². The number of aromatic nitrogens is 2. The van der Waals surface area contributed by atoms with Crippen molar-refractivity contribution in [3.05, 3.63) is 40.5 Å². The first-order chi connectivity index (χ1) is 8.13. The molecule has 0 saturated heterocycles. The Morgan fingerprint density at radius 2 is 2.00 bits per heavy atom. The van der Waals surface area contributed by atoms with Crippen molar-refractivity contribution in [2.24, 2.45) is 0 Å². The fourth-order valence-electron chi connectivity index (χ4n) is 1.40. The molecule has 0 aliphatic heterocycles. The highest BCUT2D eigenvalue weighted by Gasteiger charge is 2.15. The second kappa shape index (κ2) is 4.85. The molecule has 0 aliphatic rings. The zero-order valence-corrected chi connectivity index (χ0v) is 10.3. The van der Waals surface area contributed by atoms with Crippen molar-refractivity contribution in [1.82, 2.24) is 9.97 Å². The molecule has 1 aromatic carbocycles. The van der Waals surface area contributed by atoms with Crippen molar-refractivity contribution in [1.29, 1.82) is 0 Å². The standard InChI is InChI=1S/C11H7Cl2FN2O/c1-17-10-9(15-5-16-11(10)13)7-4-6(14)2-3-8(7)12/h2-5H,1H3. The minimum atomic E-state index is -0.416. The first kappa shape index (κ1) is 12.1. The number of hydrogen-bond acceptors (Lipinski definition) is 3. The summed E-state index contributed by atoms with van der Waals surface area (Å²) in [5, 5.41) is 0.511. The fourth-order valence-corrected chi connectivity index (χ4v) is 1.82. The number of benzene rings is 1. The van der Waals surface area contributed by atoms with Gasteiger partial charge in [-0.25, -0.2) is 14.4 Å². The summed E-state index contributed by atoms with van der Waals surface area (Å²) in [7, 11) is 1.43. The summed E-state index contributed by atoms with van der Waals surface area (Å²) < 4.78 is 18.3. The Balaban J connectivity index is 2.68. The van der Waals surface area contributed by atoms with Crippen molar-refractivity contribution in [2.75, 3.05) is 7.11 Å². The van der Waals surface area contributed by atoms with Crippen LogP contribution in [0.15, 0.2) is 24.5 Å². The van der Waals surface area contributed by atoms with E-state index in [0.29, 0.717) is 16.3 Å². The van der Waals surface area contributed by atoms with Gasteiger partial charge in [-0.15, -0.1) is 0 Å². The lowest BCUT2D eigenvalue weighted by atomic mass is 10.1. The number of halogens is 3. The molecule has 0 bridgehead atoms. The van der Waals surface area contributed by atoms with Gasteiger partial charge in [-0.3, -0.25) is 0 Å². The van der Waals surface area contributed by atoms with Crippen LogP contribution in [0.4, 0.5) is 4.39 Å². The molecule has 1 heterocycles. The lowest BCUT2D eigenvalue weighted by Crippen LogP contribution is -1.95. The van der Waals surface area contributed by atoms with Gasteiger partial charge in [-0.1, -0.05) is 23.2 Å². The predicted octanol–water partition coefficient (Wildman–Crippen LogP) is 3.60. The largest absolute Gasteiger partial charge is 0.491 e. The molecule has 0 N–H and O–H groups in total. The van der Waals surface area contributed by atoms with E-state index in [1.54, 1.807) is 0 Å². The molecule has 0 atom stereocenters. The van der Waals surface area contributed by atoms with Crippen molar-refractivity contribution >= 4 is 23.2 Å². The van der Waals surface area contributed by atoms with E-state index in [9.17, 15) is 4.39 Å². The number of methoxy groups -OCH3 is 1. The van der Waals surface area contributed by atoms with Gasteiger partial charge in [0.1, 0.15) is 17.8 Å².